The molecule has 0 saturated carbocycles. The van der Waals surface area contributed by atoms with Crippen molar-refractivity contribution in [2.45, 2.75) is 46.1 Å². The average molecular weight is 474 g/mol. The molecule has 0 aromatic carbocycles. The molecule has 12 heteroatoms. The molecule has 1 aliphatic rings. The van der Waals surface area contributed by atoms with Crippen LogP contribution in [0.4, 0.5) is 30.6 Å². The summed E-state index contributed by atoms with van der Waals surface area (Å²) in [5.74, 6) is 1.06. The van der Waals surface area contributed by atoms with Gasteiger partial charge in [0.15, 0.2) is 5.82 Å². The van der Waals surface area contributed by atoms with Crippen molar-refractivity contribution in [2.75, 3.05) is 22.6 Å². The van der Waals surface area contributed by atoms with Crippen LogP contribution in [-0.4, -0.2) is 43.7 Å². The zero-order valence-electron chi connectivity index (χ0n) is 19.2. The van der Waals surface area contributed by atoms with Gasteiger partial charge in [-0.05, 0) is 30.5 Å². The quantitative estimate of drug-likeness (QED) is 0.564. The summed E-state index contributed by atoms with van der Waals surface area (Å²) in [7, 11) is 1.84. The molecule has 34 heavy (non-hydrogen) atoms. The van der Waals surface area contributed by atoms with Gasteiger partial charge in [-0.1, -0.05) is 13.8 Å². The maximum atomic E-state index is 12.9. The molecular formula is C22H25F3N8O. The number of fused-ring (bicyclic) bond motifs is 1. The van der Waals surface area contributed by atoms with Crippen LogP contribution in [0.2, 0.25) is 0 Å². The van der Waals surface area contributed by atoms with Crippen LogP contribution in [0.5, 0.6) is 0 Å². The van der Waals surface area contributed by atoms with Gasteiger partial charge in [-0.3, -0.25) is 14.5 Å². The number of halogens is 3. The second-order valence-electron chi connectivity index (χ2n) is 8.57. The lowest BCUT2D eigenvalue weighted by atomic mass is 9.99. The molecule has 2 N–H and O–H groups in total. The number of alkyl halides is 3. The van der Waals surface area contributed by atoms with Crippen LogP contribution < -0.4 is 15.5 Å². The molecule has 3 aromatic rings. The van der Waals surface area contributed by atoms with Crippen molar-refractivity contribution in [1.82, 2.24) is 24.7 Å². The molecule has 9 nitrogen and oxygen atoms in total. The Morgan fingerprint density at radius 3 is 2.71 bits per heavy atom. The number of carbonyl (C=O) groups is 1. The fourth-order valence-corrected chi connectivity index (χ4v) is 3.97. The van der Waals surface area contributed by atoms with Gasteiger partial charge in [-0.25, -0.2) is 4.98 Å². The number of aryl methyl sites for hydroxylation is 1. The summed E-state index contributed by atoms with van der Waals surface area (Å²) in [5, 5.41) is 10.3. The fourth-order valence-electron chi connectivity index (χ4n) is 3.97. The zero-order valence-corrected chi connectivity index (χ0v) is 19.2. The summed E-state index contributed by atoms with van der Waals surface area (Å²) in [6.07, 6.45) is 0.0236. The number of hydrogen-bond acceptors (Lipinski definition) is 7. The van der Waals surface area contributed by atoms with Crippen LogP contribution in [0.25, 0.3) is 0 Å². The summed E-state index contributed by atoms with van der Waals surface area (Å²) < 4.78 is 40.2. The van der Waals surface area contributed by atoms with Gasteiger partial charge in [-0.2, -0.15) is 23.3 Å². The molecule has 4 rings (SSSR count). The number of nitrogens with one attached hydrogen (secondary N) is 2. The number of nitrogens with zero attached hydrogens (tertiary/aromatic N) is 6. The smallest absolute Gasteiger partial charge is 0.350 e. The van der Waals surface area contributed by atoms with Gasteiger partial charge in [0, 0.05) is 31.5 Å². The number of likely N-dealkylation sites (N-methyl/N-ethyl adjacent to an activating group) is 1. The first-order valence-corrected chi connectivity index (χ1v) is 10.7. The highest BCUT2D eigenvalue weighted by molar-refractivity contribution is 6.03. The topological polar surface area (TPSA) is 101 Å². The minimum Gasteiger partial charge on any atom is -0.350 e. The minimum atomic E-state index is -4.49. The standard InChI is InChI=1S/C22H25F3N8O/c1-12(2)18-20(34)30-17-13(3)29-21(31-19(17)32(18)4)27-8-15-9-28-33(11-15)10-14-5-6-26-16(7-14)22(23,24)25/h5-7,9,11-12,18H,8,10H2,1-4H3,(H,30,34)(H,27,29,31). The van der Waals surface area contributed by atoms with E-state index in [1.807, 2.05) is 25.8 Å². The van der Waals surface area contributed by atoms with E-state index in [1.165, 1.54) is 6.07 Å². The molecule has 180 valence electrons. The van der Waals surface area contributed by atoms with E-state index in [9.17, 15) is 18.0 Å². The number of aromatic nitrogens is 5. The first-order chi connectivity index (χ1) is 16.0. The lowest BCUT2D eigenvalue weighted by Gasteiger charge is -2.36. The van der Waals surface area contributed by atoms with E-state index in [4.69, 9.17) is 0 Å². The Labute approximate surface area is 194 Å². The first kappa shape index (κ1) is 23.5. The Morgan fingerprint density at radius 2 is 2.00 bits per heavy atom. The molecule has 0 bridgehead atoms. The third-order valence-electron chi connectivity index (χ3n) is 5.57. The molecule has 0 fully saturated rings. The molecule has 1 atom stereocenters. The van der Waals surface area contributed by atoms with E-state index in [2.05, 4.69) is 30.7 Å². The minimum absolute atomic E-state index is 0.0821. The van der Waals surface area contributed by atoms with E-state index in [0.717, 1.165) is 17.8 Å². The molecule has 0 aliphatic carbocycles. The second-order valence-corrected chi connectivity index (χ2v) is 8.57. The van der Waals surface area contributed by atoms with Crippen molar-refractivity contribution in [3.05, 3.63) is 53.2 Å². The SMILES string of the molecule is Cc1nc(NCc2cnn(Cc3ccnc(C(F)(F)F)c3)c2)nc2c1NC(=O)C(C(C)C)N2C. The summed E-state index contributed by atoms with van der Waals surface area (Å²) in [4.78, 5) is 26.7. The molecule has 0 spiro atoms. The van der Waals surface area contributed by atoms with E-state index in [1.54, 1.807) is 24.0 Å². The summed E-state index contributed by atoms with van der Waals surface area (Å²) >= 11 is 0. The van der Waals surface area contributed by atoms with Gasteiger partial charge in [0.2, 0.25) is 11.9 Å². The van der Waals surface area contributed by atoms with E-state index < -0.39 is 11.9 Å². The van der Waals surface area contributed by atoms with Crippen molar-refractivity contribution in [3.8, 4) is 0 Å². The van der Waals surface area contributed by atoms with Crippen molar-refractivity contribution in [2.24, 2.45) is 5.92 Å². The summed E-state index contributed by atoms with van der Waals surface area (Å²) in [5.41, 5.74) is 1.57. The Kier molecular flexibility index (Phi) is 6.15. The highest BCUT2D eigenvalue weighted by Gasteiger charge is 2.35. The number of rotatable bonds is 6. The molecule has 4 heterocycles. The molecule has 0 radical (unpaired) electrons. The maximum Gasteiger partial charge on any atom is 0.433 e. The van der Waals surface area contributed by atoms with Gasteiger partial charge in [-0.15, -0.1) is 0 Å². The van der Waals surface area contributed by atoms with Crippen molar-refractivity contribution >= 4 is 23.4 Å². The van der Waals surface area contributed by atoms with Gasteiger partial charge < -0.3 is 15.5 Å². The van der Waals surface area contributed by atoms with Gasteiger partial charge in [0.05, 0.1) is 18.4 Å². The third kappa shape index (κ3) is 4.80. The predicted molar refractivity (Wildman–Crippen MR) is 120 cm³/mol. The highest BCUT2D eigenvalue weighted by atomic mass is 19.4. The van der Waals surface area contributed by atoms with Crippen LogP contribution in [0, 0.1) is 12.8 Å². The lowest BCUT2D eigenvalue weighted by Crippen LogP contribution is -2.49. The molecule has 0 saturated heterocycles. The van der Waals surface area contributed by atoms with Crippen molar-refractivity contribution in [1.29, 1.82) is 0 Å². The van der Waals surface area contributed by atoms with E-state index >= 15 is 0 Å². The molecule has 1 aliphatic heterocycles. The fraction of sp³-hybridized carbons (Fsp3) is 0.409. The van der Waals surface area contributed by atoms with Crippen molar-refractivity contribution < 1.29 is 18.0 Å². The molecule has 1 amide bonds. The largest absolute Gasteiger partial charge is 0.433 e. The number of pyridine rings is 1. The summed E-state index contributed by atoms with van der Waals surface area (Å²) in [6.45, 7) is 6.31. The van der Waals surface area contributed by atoms with Gasteiger partial charge >= 0.3 is 6.18 Å². The van der Waals surface area contributed by atoms with Crippen LogP contribution in [0.3, 0.4) is 0 Å². The molecule has 3 aromatic heterocycles. The zero-order chi connectivity index (χ0) is 24.6. The van der Waals surface area contributed by atoms with Crippen LogP contribution in [-0.2, 0) is 24.1 Å². The Hall–Kier alpha value is -3.70. The third-order valence-corrected chi connectivity index (χ3v) is 5.57. The van der Waals surface area contributed by atoms with Gasteiger partial charge in [0.1, 0.15) is 17.4 Å². The predicted octanol–water partition coefficient (Wildman–Crippen LogP) is 3.47. The van der Waals surface area contributed by atoms with Crippen LogP contribution >= 0.6 is 0 Å². The Morgan fingerprint density at radius 1 is 1.24 bits per heavy atom. The Bertz CT molecular complexity index is 1210. The van der Waals surface area contributed by atoms with E-state index in [0.29, 0.717) is 35.3 Å². The Balaban J connectivity index is 1.45. The normalized spacial score (nSPS) is 15.9. The number of amides is 1. The van der Waals surface area contributed by atoms with Crippen LogP contribution in [0.1, 0.15) is 36.4 Å². The lowest BCUT2D eigenvalue weighted by molar-refractivity contribution is -0.141. The number of hydrogen-bond donors (Lipinski definition) is 2. The highest BCUT2D eigenvalue weighted by Crippen LogP contribution is 2.34. The maximum absolute atomic E-state index is 12.9. The van der Waals surface area contributed by atoms with Gasteiger partial charge in [0.25, 0.3) is 0 Å². The van der Waals surface area contributed by atoms with Crippen LogP contribution in [0.15, 0.2) is 30.7 Å². The summed E-state index contributed by atoms with van der Waals surface area (Å²) in [6, 6.07) is 2.21. The van der Waals surface area contributed by atoms with E-state index in [-0.39, 0.29) is 24.4 Å². The number of carbonyl (C=O) groups excluding carboxylic acids is 1. The molecular weight excluding hydrogens is 449 g/mol. The second kappa shape index (κ2) is 8.92. The van der Waals surface area contributed by atoms with Crippen molar-refractivity contribution in [3.63, 3.8) is 0 Å². The molecule has 1 unspecified atom stereocenters. The monoisotopic (exact) mass is 474 g/mol. The average Bonchev–Trinajstić information content (AvgIpc) is 3.20. The number of anilines is 3. The first-order valence-electron chi connectivity index (χ1n) is 10.7.